The van der Waals surface area contributed by atoms with Gasteiger partial charge in [0.1, 0.15) is 24.0 Å². The molecule has 3 aromatic heterocycles. The first-order valence-electron chi connectivity index (χ1n) is 12.5. The number of anilines is 2. The maximum Gasteiger partial charge on any atom is 0.219 e. The number of aliphatic hydroxyl groups is 1. The maximum atomic E-state index is 15.6. The van der Waals surface area contributed by atoms with Crippen molar-refractivity contribution in [3.63, 3.8) is 0 Å². The zero-order valence-electron chi connectivity index (χ0n) is 21.8. The van der Waals surface area contributed by atoms with Crippen molar-refractivity contribution >= 4 is 22.5 Å². The van der Waals surface area contributed by atoms with Crippen molar-refractivity contribution in [2.24, 2.45) is 7.05 Å². The summed E-state index contributed by atoms with van der Waals surface area (Å²) in [6, 6.07) is 16.3. The van der Waals surface area contributed by atoms with Crippen molar-refractivity contribution in [3.05, 3.63) is 90.2 Å². The molecule has 2 aromatic carbocycles. The molecule has 0 saturated carbocycles. The summed E-state index contributed by atoms with van der Waals surface area (Å²) in [5.74, 6) is 0.622. The maximum absolute atomic E-state index is 15.6. The van der Waals surface area contributed by atoms with Gasteiger partial charge in [-0.15, -0.1) is 0 Å². The third-order valence-electron chi connectivity index (χ3n) is 6.85. The monoisotopic (exact) mass is 522 g/mol. The van der Waals surface area contributed by atoms with Gasteiger partial charge in [0.2, 0.25) is 5.88 Å². The number of aliphatic hydroxyl groups excluding tert-OH is 1. The Hall–Kier alpha value is -4.76. The van der Waals surface area contributed by atoms with E-state index in [4.69, 9.17) is 4.74 Å². The van der Waals surface area contributed by atoms with Crippen LogP contribution in [0.4, 0.5) is 15.9 Å². The van der Waals surface area contributed by atoms with Gasteiger partial charge in [-0.1, -0.05) is 24.8 Å². The fourth-order valence-corrected chi connectivity index (χ4v) is 4.91. The molecule has 4 heterocycles. The molecular weight excluding hydrogens is 495 g/mol. The predicted octanol–water partition coefficient (Wildman–Crippen LogP) is 6.17. The average Bonchev–Trinajstić information content (AvgIpc) is 3.12. The van der Waals surface area contributed by atoms with Gasteiger partial charge in [0.15, 0.2) is 11.6 Å². The van der Waals surface area contributed by atoms with Crippen LogP contribution in [0.25, 0.3) is 33.4 Å². The van der Waals surface area contributed by atoms with E-state index in [0.717, 1.165) is 50.4 Å². The highest BCUT2D eigenvalue weighted by molar-refractivity contribution is 6.09. The van der Waals surface area contributed by atoms with Crippen LogP contribution in [-0.4, -0.2) is 30.9 Å². The molecule has 0 aliphatic carbocycles. The quantitative estimate of drug-likeness (QED) is 0.181. The molecule has 0 bridgehead atoms. The van der Waals surface area contributed by atoms with E-state index in [9.17, 15) is 5.11 Å². The summed E-state index contributed by atoms with van der Waals surface area (Å²) in [5.41, 5.74) is 7.09. The molecular formula is C30H27FN6O2. The van der Waals surface area contributed by atoms with Crippen molar-refractivity contribution in [2.45, 2.75) is 26.6 Å². The number of pyridine rings is 1. The molecule has 6 rings (SSSR count). The number of nitrogens with zero attached hydrogens (tertiary/aromatic N) is 4. The molecule has 196 valence electrons. The van der Waals surface area contributed by atoms with Gasteiger partial charge in [0.25, 0.3) is 0 Å². The van der Waals surface area contributed by atoms with Crippen LogP contribution in [0.3, 0.4) is 0 Å². The summed E-state index contributed by atoms with van der Waals surface area (Å²) in [5, 5.41) is 17.4. The lowest BCUT2D eigenvalue weighted by atomic mass is 9.95. The highest BCUT2D eigenvalue weighted by atomic mass is 19.1. The first kappa shape index (κ1) is 24.6. The Bertz CT molecular complexity index is 1750. The number of benzene rings is 2. The first-order valence-corrected chi connectivity index (χ1v) is 12.5. The third-order valence-corrected chi connectivity index (χ3v) is 6.85. The second kappa shape index (κ2) is 9.52. The fourth-order valence-electron chi connectivity index (χ4n) is 4.91. The van der Waals surface area contributed by atoms with Crippen LogP contribution in [-0.2, 0) is 13.6 Å². The highest BCUT2D eigenvalue weighted by Crippen LogP contribution is 2.46. The number of hydrogen-bond acceptors (Lipinski definition) is 7. The van der Waals surface area contributed by atoms with Gasteiger partial charge in [-0.2, -0.15) is 0 Å². The van der Waals surface area contributed by atoms with E-state index in [2.05, 4.69) is 32.2 Å². The summed E-state index contributed by atoms with van der Waals surface area (Å²) in [4.78, 5) is 13.4. The molecule has 0 fully saturated rings. The molecule has 5 aromatic rings. The normalized spacial score (nSPS) is 12.8. The minimum absolute atomic E-state index is 0.103. The highest BCUT2D eigenvalue weighted by Gasteiger charge is 2.28. The Morgan fingerprint density at radius 2 is 1.97 bits per heavy atom. The van der Waals surface area contributed by atoms with E-state index in [0.29, 0.717) is 23.8 Å². The molecule has 1 atom stereocenters. The van der Waals surface area contributed by atoms with Crippen LogP contribution < -0.4 is 15.4 Å². The smallest absolute Gasteiger partial charge is 0.219 e. The Morgan fingerprint density at radius 1 is 1.18 bits per heavy atom. The van der Waals surface area contributed by atoms with Gasteiger partial charge in [0.05, 0.1) is 11.1 Å². The summed E-state index contributed by atoms with van der Waals surface area (Å²) in [6.45, 7) is 7.83. The van der Waals surface area contributed by atoms with Gasteiger partial charge in [-0.3, -0.25) is 0 Å². The fraction of sp³-hybridized carbons (Fsp3) is 0.167. The number of hydrogen-bond donors (Lipinski definition) is 3. The van der Waals surface area contributed by atoms with E-state index in [1.165, 1.54) is 12.4 Å². The molecule has 0 saturated heterocycles. The van der Waals surface area contributed by atoms with Gasteiger partial charge in [0, 0.05) is 36.6 Å². The molecule has 39 heavy (non-hydrogen) atoms. The number of halogens is 1. The molecule has 0 radical (unpaired) electrons. The second-order valence-electron chi connectivity index (χ2n) is 9.69. The van der Waals surface area contributed by atoms with Crippen LogP contribution in [0, 0.1) is 12.7 Å². The van der Waals surface area contributed by atoms with Crippen LogP contribution >= 0.6 is 0 Å². The minimum atomic E-state index is -0.844. The van der Waals surface area contributed by atoms with Gasteiger partial charge in [-0.25, -0.2) is 19.3 Å². The molecule has 8 nitrogen and oxygen atoms in total. The summed E-state index contributed by atoms with van der Waals surface area (Å²) >= 11 is 0. The second-order valence-corrected chi connectivity index (χ2v) is 9.69. The summed E-state index contributed by atoms with van der Waals surface area (Å²) in [7, 11) is 1.94. The molecule has 0 amide bonds. The predicted molar refractivity (Wildman–Crippen MR) is 150 cm³/mol. The Kier molecular flexibility index (Phi) is 6.00. The van der Waals surface area contributed by atoms with Gasteiger partial charge >= 0.3 is 0 Å². The van der Waals surface area contributed by atoms with Crippen molar-refractivity contribution in [1.29, 1.82) is 0 Å². The largest absolute Gasteiger partial charge is 0.436 e. The van der Waals surface area contributed by atoms with Crippen LogP contribution in [0.2, 0.25) is 0 Å². The zero-order chi connectivity index (χ0) is 27.3. The van der Waals surface area contributed by atoms with Crippen LogP contribution in [0.15, 0.2) is 73.1 Å². The number of aromatic nitrogens is 4. The molecule has 1 aliphatic heterocycles. The van der Waals surface area contributed by atoms with Crippen LogP contribution in [0.5, 0.6) is 11.6 Å². The summed E-state index contributed by atoms with van der Waals surface area (Å²) in [6.07, 6.45) is 0.682. The van der Waals surface area contributed by atoms with E-state index >= 15 is 4.39 Å². The van der Waals surface area contributed by atoms with Crippen molar-refractivity contribution in [2.75, 3.05) is 10.6 Å². The lowest BCUT2D eigenvalue weighted by Gasteiger charge is -2.16. The van der Waals surface area contributed by atoms with E-state index in [1.54, 1.807) is 19.1 Å². The number of nitrogens with one attached hydrogen (secondary N) is 2. The lowest BCUT2D eigenvalue weighted by Crippen LogP contribution is -2.19. The standard InChI is InChI=1S/C30H27FN6O2/c1-16(2)30(38)36-20-10-8-18(9-11-20)27-25-21-13-22(31)23(39-24-7-5-6-17(3)35-24)12-19(21)14-32-28-26(25)29(37(27)4)34-15-33-28/h5-13,15,30,36,38H,1,14H2,2-4H3,(H,32,33,34). The van der Waals surface area contributed by atoms with Crippen LogP contribution in [0.1, 0.15) is 18.2 Å². The average molecular weight is 523 g/mol. The van der Waals surface area contributed by atoms with Gasteiger partial charge in [-0.05, 0) is 66.4 Å². The van der Waals surface area contributed by atoms with Crippen molar-refractivity contribution in [3.8, 4) is 34.0 Å². The summed E-state index contributed by atoms with van der Waals surface area (Å²) < 4.78 is 23.4. The van der Waals surface area contributed by atoms with Crippen molar-refractivity contribution in [1.82, 2.24) is 19.5 Å². The molecule has 1 aliphatic rings. The molecule has 9 heteroatoms. The van der Waals surface area contributed by atoms with E-state index in [-0.39, 0.29) is 5.75 Å². The number of aryl methyl sites for hydroxylation is 2. The Balaban J connectivity index is 1.49. The Morgan fingerprint density at radius 3 is 2.72 bits per heavy atom. The number of ether oxygens (including phenoxy) is 1. The van der Waals surface area contributed by atoms with E-state index < -0.39 is 12.0 Å². The number of fused-ring (bicyclic) bond motifs is 2. The molecule has 3 N–H and O–H groups in total. The zero-order valence-corrected chi connectivity index (χ0v) is 21.8. The third kappa shape index (κ3) is 4.36. The van der Waals surface area contributed by atoms with E-state index in [1.807, 2.05) is 54.9 Å². The van der Waals surface area contributed by atoms with Crippen molar-refractivity contribution < 1.29 is 14.2 Å². The molecule has 1 unspecified atom stereocenters. The minimum Gasteiger partial charge on any atom is -0.436 e. The molecule has 0 spiro atoms. The topological polar surface area (TPSA) is 97.1 Å². The number of rotatable bonds is 6. The van der Waals surface area contributed by atoms with Gasteiger partial charge < -0.3 is 25.0 Å². The first-order chi connectivity index (χ1) is 18.8. The Labute approximate surface area is 224 Å². The SMILES string of the molecule is C=C(C)C(O)Nc1ccc(-c2c3c4c(ncnc4n2C)NCc2cc(Oc4cccc(C)n4)c(F)cc2-3)cc1. The lowest BCUT2D eigenvalue weighted by molar-refractivity contribution is 0.240.